The fourth-order valence-corrected chi connectivity index (χ4v) is 2.08. The standard InChI is InChI=1S/C12H12F2N4O2S/c1-7-15-12(18-17-7)21-6-10(19)16-8-2-4-9(5-3-8)20-11(13)14/h2-5,11H,6H2,1H3,(H,16,19)(H,15,17,18). The summed E-state index contributed by atoms with van der Waals surface area (Å²) in [6.45, 7) is -1.10. The van der Waals surface area contributed by atoms with Crippen molar-refractivity contribution in [3.05, 3.63) is 30.1 Å². The number of rotatable bonds is 6. The Balaban J connectivity index is 1.82. The molecule has 0 unspecified atom stereocenters. The second-order valence-electron chi connectivity index (χ2n) is 3.94. The van der Waals surface area contributed by atoms with Gasteiger partial charge in [0.2, 0.25) is 11.1 Å². The lowest BCUT2D eigenvalue weighted by Crippen LogP contribution is -2.14. The predicted octanol–water partition coefficient (Wildman–Crippen LogP) is 2.45. The monoisotopic (exact) mass is 314 g/mol. The van der Waals surface area contributed by atoms with E-state index >= 15 is 0 Å². The van der Waals surface area contributed by atoms with E-state index in [0.29, 0.717) is 16.7 Å². The summed E-state index contributed by atoms with van der Waals surface area (Å²) in [7, 11) is 0. The van der Waals surface area contributed by atoms with Gasteiger partial charge in [0.25, 0.3) is 0 Å². The van der Waals surface area contributed by atoms with Crippen molar-refractivity contribution in [2.75, 3.05) is 11.1 Å². The van der Waals surface area contributed by atoms with E-state index in [1.54, 1.807) is 6.92 Å². The van der Waals surface area contributed by atoms with Gasteiger partial charge in [0.15, 0.2) is 0 Å². The molecule has 0 aliphatic heterocycles. The van der Waals surface area contributed by atoms with Crippen molar-refractivity contribution in [3.63, 3.8) is 0 Å². The van der Waals surface area contributed by atoms with E-state index in [1.807, 2.05) is 0 Å². The average Bonchev–Trinajstić information content (AvgIpc) is 2.84. The van der Waals surface area contributed by atoms with E-state index < -0.39 is 6.61 Å². The molecule has 0 bridgehead atoms. The van der Waals surface area contributed by atoms with Gasteiger partial charge in [-0.25, -0.2) is 4.98 Å². The van der Waals surface area contributed by atoms with Crippen molar-refractivity contribution in [1.29, 1.82) is 0 Å². The molecule has 1 aromatic heterocycles. The van der Waals surface area contributed by atoms with Gasteiger partial charge >= 0.3 is 6.61 Å². The number of halogens is 2. The van der Waals surface area contributed by atoms with Crippen LogP contribution in [0.4, 0.5) is 14.5 Å². The molecular weight excluding hydrogens is 302 g/mol. The maximum Gasteiger partial charge on any atom is 0.387 e. The lowest BCUT2D eigenvalue weighted by molar-refractivity contribution is -0.113. The molecular formula is C12H12F2N4O2S. The summed E-state index contributed by atoms with van der Waals surface area (Å²) in [5.74, 6) is 0.609. The molecule has 0 spiro atoms. The summed E-state index contributed by atoms with van der Waals surface area (Å²) < 4.78 is 28.2. The first-order valence-corrected chi connectivity index (χ1v) is 6.88. The third kappa shape index (κ3) is 5.03. The molecule has 0 fully saturated rings. The van der Waals surface area contributed by atoms with E-state index in [-0.39, 0.29) is 17.4 Å². The van der Waals surface area contributed by atoms with Crippen molar-refractivity contribution in [2.45, 2.75) is 18.7 Å². The summed E-state index contributed by atoms with van der Waals surface area (Å²) in [5, 5.41) is 9.69. The number of aromatic amines is 1. The maximum absolute atomic E-state index is 12.0. The lowest BCUT2D eigenvalue weighted by Gasteiger charge is -2.07. The third-order valence-electron chi connectivity index (χ3n) is 2.27. The van der Waals surface area contributed by atoms with Crippen LogP contribution in [0.25, 0.3) is 0 Å². The number of anilines is 1. The minimum Gasteiger partial charge on any atom is -0.435 e. The minimum absolute atomic E-state index is 0.0357. The Hall–Kier alpha value is -2.16. The highest BCUT2D eigenvalue weighted by molar-refractivity contribution is 7.99. The van der Waals surface area contributed by atoms with E-state index in [1.165, 1.54) is 36.0 Å². The quantitative estimate of drug-likeness (QED) is 0.801. The van der Waals surface area contributed by atoms with Crippen LogP contribution in [0.15, 0.2) is 29.4 Å². The van der Waals surface area contributed by atoms with Crippen LogP contribution in [-0.4, -0.2) is 33.5 Å². The summed E-state index contributed by atoms with van der Waals surface area (Å²) in [6.07, 6.45) is 0. The van der Waals surface area contributed by atoms with Crippen molar-refractivity contribution >= 4 is 23.4 Å². The van der Waals surface area contributed by atoms with Gasteiger partial charge in [0.05, 0.1) is 5.75 Å². The van der Waals surface area contributed by atoms with Crippen molar-refractivity contribution in [3.8, 4) is 5.75 Å². The van der Waals surface area contributed by atoms with Crippen molar-refractivity contribution in [1.82, 2.24) is 15.2 Å². The zero-order valence-electron chi connectivity index (χ0n) is 11.0. The second-order valence-corrected chi connectivity index (χ2v) is 4.89. The fourth-order valence-electron chi connectivity index (χ4n) is 1.43. The lowest BCUT2D eigenvalue weighted by atomic mass is 10.3. The van der Waals surface area contributed by atoms with Gasteiger partial charge in [-0.15, -0.1) is 5.10 Å². The van der Waals surface area contributed by atoms with E-state index in [9.17, 15) is 13.6 Å². The van der Waals surface area contributed by atoms with Crippen molar-refractivity contribution < 1.29 is 18.3 Å². The summed E-state index contributed by atoms with van der Waals surface area (Å²) in [4.78, 5) is 15.8. The zero-order valence-corrected chi connectivity index (χ0v) is 11.8. The first kappa shape index (κ1) is 15.2. The van der Waals surface area contributed by atoms with E-state index in [4.69, 9.17) is 0 Å². The number of thioether (sulfide) groups is 1. The number of benzene rings is 1. The van der Waals surface area contributed by atoms with Gasteiger partial charge < -0.3 is 10.1 Å². The number of aryl methyl sites for hydroxylation is 1. The molecule has 0 atom stereocenters. The summed E-state index contributed by atoms with van der Waals surface area (Å²) >= 11 is 1.19. The Labute approximate surface area is 123 Å². The molecule has 0 saturated carbocycles. The number of hydrogen-bond acceptors (Lipinski definition) is 5. The molecule has 0 radical (unpaired) electrons. The number of H-pyrrole nitrogens is 1. The summed E-state index contributed by atoms with van der Waals surface area (Å²) in [5.41, 5.74) is 0.494. The number of nitrogens with one attached hydrogen (secondary N) is 2. The number of carbonyl (C=O) groups is 1. The van der Waals surface area contributed by atoms with Crippen LogP contribution >= 0.6 is 11.8 Å². The molecule has 2 aromatic rings. The third-order valence-corrected chi connectivity index (χ3v) is 3.12. The zero-order chi connectivity index (χ0) is 15.2. The number of aromatic nitrogens is 3. The molecule has 6 nitrogen and oxygen atoms in total. The van der Waals surface area contributed by atoms with Gasteiger partial charge in [0.1, 0.15) is 11.6 Å². The van der Waals surface area contributed by atoms with Gasteiger partial charge in [0, 0.05) is 5.69 Å². The SMILES string of the molecule is Cc1nc(SCC(=O)Nc2ccc(OC(F)F)cc2)n[nH]1. The molecule has 0 aliphatic rings. The normalized spacial score (nSPS) is 10.7. The molecule has 0 aliphatic carbocycles. The fraction of sp³-hybridized carbons (Fsp3) is 0.250. The molecule has 1 aromatic carbocycles. The number of carbonyl (C=O) groups excluding carboxylic acids is 1. The topological polar surface area (TPSA) is 79.9 Å². The number of alkyl halides is 2. The first-order valence-electron chi connectivity index (χ1n) is 5.89. The molecule has 0 saturated heterocycles. The number of hydrogen-bond donors (Lipinski definition) is 2. The molecule has 2 N–H and O–H groups in total. The van der Waals surface area contributed by atoms with E-state index in [0.717, 1.165) is 0 Å². The van der Waals surface area contributed by atoms with Crippen LogP contribution in [0.3, 0.4) is 0 Å². The molecule has 9 heteroatoms. The Morgan fingerprint density at radius 2 is 2.14 bits per heavy atom. The minimum atomic E-state index is -2.87. The molecule has 1 heterocycles. The Kier molecular flexibility index (Phi) is 5.09. The highest BCUT2D eigenvalue weighted by Crippen LogP contribution is 2.18. The molecule has 112 valence electrons. The van der Waals surface area contributed by atoms with Gasteiger partial charge in [-0.3, -0.25) is 9.89 Å². The van der Waals surface area contributed by atoms with Crippen LogP contribution in [-0.2, 0) is 4.79 Å². The summed E-state index contributed by atoms with van der Waals surface area (Å²) in [6, 6.07) is 5.68. The number of nitrogens with zero attached hydrogens (tertiary/aromatic N) is 2. The first-order chi connectivity index (χ1) is 10.0. The van der Waals surface area contributed by atoms with Crippen LogP contribution in [0.1, 0.15) is 5.82 Å². The number of amides is 1. The van der Waals surface area contributed by atoms with Gasteiger partial charge in [-0.1, -0.05) is 11.8 Å². The second kappa shape index (κ2) is 7.02. The number of ether oxygens (including phenoxy) is 1. The smallest absolute Gasteiger partial charge is 0.387 e. The maximum atomic E-state index is 12.0. The Morgan fingerprint density at radius 3 is 2.71 bits per heavy atom. The molecule has 1 amide bonds. The highest BCUT2D eigenvalue weighted by atomic mass is 32.2. The van der Waals surface area contributed by atoms with Crippen LogP contribution in [0.2, 0.25) is 0 Å². The van der Waals surface area contributed by atoms with Crippen LogP contribution < -0.4 is 10.1 Å². The Morgan fingerprint density at radius 1 is 1.43 bits per heavy atom. The predicted molar refractivity (Wildman–Crippen MR) is 73.5 cm³/mol. The molecule has 21 heavy (non-hydrogen) atoms. The van der Waals surface area contributed by atoms with Crippen molar-refractivity contribution in [2.24, 2.45) is 0 Å². The average molecular weight is 314 g/mol. The van der Waals surface area contributed by atoms with E-state index in [2.05, 4.69) is 25.2 Å². The van der Waals surface area contributed by atoms with Gasteiger partial charge in [-0.2, -0.15) is 8.78 Å². The largest absolute Gasteiger partial charge is 0.435 e. The van der Waals surface area contributed by atoms with Crippen LogP contribution in [0.5, 0.6) is 5.75 Å². The molecule has 2 rings (SSSR count). The Bertz CT molecular complexity index is 604. The van der Waals surface area contributed by atoms with Gasteiger partial charge in [-0.05, 0) is 31.2 Å². The van der Waals surface area contributed by atoms with Crippen LogP contribution in [0, 0.1) is 6.92 Å². The highest BCUT2D eigenvalue weighted by Gasteiger charge is 2.08.